The van der Waals surface area contributed by atoms with Gasteiger partial charge >= 0.3 is 0 Å². The third kappa shape index (κ3) is 2.55. The quantitative estimate of drug-likeness (QED) is 0.655. The summed E-state index contributed by atoms with van der Waals surface area (Å²) < 4.78 is 10.9. The van der Waals surface area contributed by atoms with Crippen LogP contribution >= 0.6 is 22.9 Å². The van der Waals surface area contributed by atoms with Gasteiger partial charge in [-0.2, -0.15) is 0 Å². The van der Waals surface area contributed by atoms with Crippen LogP contribution in [0.1, 0.15) is 22.8 Å². The van der Waals surface area contributed by atoms with Crippen molar-refractivity contribution in [2.24, 2.45) is 0 Å². The molecule has 1 amide bonds. The van der Waals surface area contributed by atoms with Crippen molar-refractivity contribution in [3.05, 3.63) is 63.3 Å². The summed E-state index contributed by atoms with van der Waals surface area (Å²) in [7, 11) is 0. The summed E-state index contributed by atoms with van der Waals surface area (Å²) in [5.74, 6) is 1.53. The van der Waals surface area contributed by atoms with Crippen molar-refractivity contribution >= 4 is 34.5 Å². The Kier molecular flexibility index (Phi) is 3.65. The summed E-state index contributed by atoms with van der Waals surface area (Å²) in [6.45, 7) is 0.245. The Bertz CT molecular complexity index is 1010. The van der Waals surface area contributed by atoms with Gasteiger partial charge in [-0.15, -0.1) is 11.3 Å². The van der Waals surface area contributed by atoms with Crippen molar-refractivity contribution in [1.82, 2.24) is 0 Å². The number of carbonyl (C=O) groups is 1. The van der Waals surface area contributed by atoms with E-state index in [1.165, 1.54) is 0 Å². The van der Waals surface area contributed by atoms with E-state index in [2.05, 4.69) is 10.7 Å². The van der Waals surface area contributed by atoms with Gasteiger partial charge in [0.1, 0.15) is 0 Å². The maximum absolute atomic E-state index is 12.4. The molecule has 0 bridgehead atoms. The van der Waals surface area contributed by atoms with Gasteiger partial charge < -0.3 is 14.8 Å². The fourth-order valence-corrected chi connectivity index (χ4v) is 4.76. The van der Waals surface area contributed by atoms with Crippen LogP contribution in [-0.4, -0.2) is 12.7 Å². The molecule has 2 aliphatic rings. The Labute approximate surface area is 159 Å². The van der Waals surface area contributed by atoms with E-state index in [0.29, 0.717) is 11.4 Å². The number of halogens is 1. The average molecular weight is 384 g/mol. The van der Waals surface area contributed by atoms with Gasteiger partial charge in [-0.3, -0.25) is 4.79 Å². The summed E-state index contributed by atoms with van der Waals surface area (Å²) in [6.07, 6.45) is 0.424. The maximum atomic E-state index is 12.4. The average Bonchev–Trinajstić information content (AvgIpc) is 3.27. The number of thiophene rings is 1. The first kappa shape index (κ1) is 15.7. The number of rotatable bonds is 2. The van der Waals surface area contributed by atoms with Gasteiger partial charge in [0.2, 0.25) is 12.7 Å². The molecular formula is C20H14ClNO3S. The van der Waals surface area contributed by atoms with Gasteiger partial charge in [-0.05, 0) is 35.4 Å². The van der Waals surface area contributed by atoms with E-state index in [1.54, 1.807) is 11.3 Å². The van der Waals surface area contributed by atoms with Crippen LogP contribution in [0.5, 0.6) is 11.5 Å². The van der Waals surface area contributed by atoms with Crippen LogP contribution in [0.2, 0.25) is 5.02 Å². The highest BCUT2D eigenvalue weighted by atomic mass is 35.5. The number of fused-ring (bicyclic) bond motifs is 2. The molecule has 1 unspecified atom stereocenters. The van der Waals surface area contributed by atoms with Crippen LogP contribution in [0.15, 0.2) is 47.8 Å². The Morgan fingerprint density at radius 3 is 2.73 bits per heavy atom. The maximum Gasteiger partial charge on any atom is 0.231 e. The number of ether oxygens (including phenoxy) is 2. The van der Waals surface area contributed by atoms with Crippen molar-refractivity contribution in [1.29, 1.82) is 0 Å². The molecule has 130 valence electrons. The van der Waals surface area contributed by atoms with Crippen molar-refractivity contribution in [3.8, 4) is 22.6 Å². The highest BCUT2D eigenvalue weighted by molar-refractivity contribution is 7.11. The summed E-state index contributed by atoms with van der Waals surface area (Å²) >= 11 is 7.67. The number of carbonyl (C=O) groups excluding carboxylic acids is 1. The molecule has 1 aromatic heterocycles. The summed E-state index contributed by atoms with van der Waals surface area (Å²) in [5, 5.41) is 5.85. The number of hydrogen-bond acceptors (Lipinski definition) is 4. The third-order valence-corrected chi connectivity index (χ3v) is 6.09. The normalized spacial score (nSPS) is 17.7. The molecule has 2 aliphatic heterocycles. The first-order valence-corrected chi connectivity index (χ1v) is 9.51. The van der Waals surface area contributed by atoms with E-state index in [0.717, 1.165) is 38.8 Å². The van der Waals surface area contributed by atoms with Crippen LogP contribution < -0.4 is 14.8 Å². The van der Waals surface area contributed by atoms with Crippen LogP contribution in [-0.2, 0) is 4.79 Å². The molecule has 1 atom stereocenters. The fraction of sp³-hybridized carbons (Fsp3) is 0.150. The lowest BCUT2D eigenvalue weighted by molar-refractivity contribution is -0.116. The highest BCUT2D eigenvalue weighted by Gasteiger charge is 2.31. The lowest BCUT2D eigenvalue weighted by atomic mass is 9.89. The molecule has 3 aromatic rings. The van der Waals surface area contributed by atoms with Gasteiger partial charge in [0.25, 0.3) is 0 Å². The van der Waals surface area contributed by atoms with Gasteiger partial charge in [0.05, 0.1) is 5.69 Å². The first-order chi connectivity index (χ1) is 12.7. The Morgan fingerprint density at radius 2 is 1.88 bits per heavy atom. The van der Waals surface area contributed by atoms with Crippen LogP contribution in [0.4, 0.5) is 5.69 Å². The topological polar surface area (TPSA) is 47.6 Å². The van der Waals surface area contributed by atoms with Gasteiger partial charge in [-0.25, -0.2) is 0 Å². The van der Waals surface area contributed by atoms with Gasteiger partial charge in [-0.1, -0.05) is 29.8 Å². The second kappa shape index (κ2) is 6.04. The molecule has 6 heteroatoms. The third-order valence-electron chi connectivity index (χ3n) is 4.74. The molecule has 0 saturated heterocycles. The molecule has 0 saturated carbocycles. The zero-order valence-corrected chi connectivity index (χ0v) is 15.2. The van der Waals surface area contributed by atoms with Crippen molar-refractivity contribution in [2.75, 3.05) is 12.1 Å². The summed E-state index contributed by atoms with van der Waals surface area (Å²) in [4.78, 5) is 13.6. The van der Waals surface area contributed by atoms with Crippen LogP contribution in [0.3, 0.4) is 0 Å². The molecule has 0 radical (unpaired) electrons. The van der Waals surface area contributed by atoms with E-state index in [-0.39, 0.29) is 18.6 Å². The van der Waals surface area contributed by atoms with Crippen molar-refractivity contribution < 1.29 is 14.3 Å². The fourth-order valence-electron chi connectivity index (χ4n) is 3.47. The largest absolute Gasteiger partial charge is 0.454 e. The minimum Gasteiger partial charge on any atom is -0.454 e. The van der Waals surface area contributed by atoms with Crippen molar-refractivity contribution in [3.63, 3.8) is 0 Å². The zero-order chi connectivity index (χ0) is 17.7. The lowest BCUT2D eigenvalue weighted by Gasteiger charge is -2.24. The second-order valence-corrected chi connectivity index (χ2v) is 7.66. The molecule has 2 aromatic carbocycles. The molecule has 3 heterocycles. The highest BCUT2D eigenvalue weighted by Crippen LogP contribution is 2.48. The molecule has 0 spiro atoms. The molecule has 4 nitrogen and oxygen atoms in total. The number of hydrogen-bond donors (Lipinski definition) is 1. The standard InChI is InChI=1S/C20H14ClNO3S/c21-13-4-1-11(2-5-13)15-9-26-20-14(8-18(23)22-19(15)20)12-3-6-16-17(7-12)25-10-24-16/h1-7,9,14H,8,10H2,(H,22,23). The minimum atomic E-state index is 0.0132. The molecular weight excluding hydrogens is 370 g/mol. The number of benzene rings is 2. The molecule has 1 N–H and O–H groups in total. The second-order valence-electron chi connectivity index (χ2n) is 6.31. The van der Waals surface area contributed by atoms with Gasteiger partial charge in [0.15, 0.2) is 11.5 Å². The molecule has 26 heavy (non-hydrogen) atoms. The van der Waals surface area contributed by atoms with Crippen LogP contribution in [0.25, 0.3) is 11.1 Å². The summed E-state index contributed by atoms with van der Waals surface area (Å²) in [5.41, 5.74) is 4.03. The first-order valence-electron chi connectivity index (χ1n) is 8.26. The summed E-state index contributed by atoms with van der Waals surface area (Å²) in [6, 6.07) is 13.6. The lowest BCUT2D eigenvalue weighted by Crippen LogP contribution is -2.22. The van der Waals surface area contributed by atoms with Gasteiger partial charge in [0, 0.05) is 33.2 Å². The zero-order valence-electron chi connectivity index (χ0n) is 13.6. The number of nitrogens with one attached hydrogen (secondary N) is 1. The number of anilines is 1. The molecule has 0 fully saturated rings. The smallest absolute Gasteiger partial charge is 0.231 e. The Morgan fingerprint density at radius 1 is 1.08 bits per heavy atom. The number of amides is 1. The minimum absolute atomic E-state index is 0.0132. The monoisotopic (exact) mass is 383 g/mol. The van der Waals surface area contributed by atoms with E-state index in [1.807, 2.05) is 42.5 Å². The molecule has 5 rings (SSSR count). The molecule has 0 aliphatic carbocycles. The predicted octanol–water partition coefficient (Wildman–Crippen LogP) is 5.27. The van der Waals surface area contributed by atoms with Crippen LogP contribution in [0, 0.1) is 0 Å². The SMILES string of the molecule is O=C1CC(c2ccc3c(c2)OCO3)c2scc(-c3ccc(Cl)cc3)c2N1. The van der Waals surface area contributed by atoms with E-state index < -0.39 is 0 Å². The Balaban J connectivity index is 1.59. The van der Waals surface area contributed by atoms with Crippen molar-refractivity contribution in [2.45, 2.75) is 12.3 Å². The van der Waals surface area contributed by atoms with E-state index >= 15 is 0 Å². The van der Waals surface area contributed by atoms with E-state index in [9.17, 15) is 4.79 Å². The van der Waals surface area contributed by atoms with E-state index in [4.69, 9.17) is 21.1 Å². The predicted molar refractivity (Wildman–Crippen MR) is 102 cm³/mol. The Hall–Kier alpha value is -2.50.